The summed E-state index contributed by atoms with van der Waals surface area (Å²) in [6.45, 7) is 2.59. The van der Waals surface area contributed by atoms with E-state index in [9.17, 15) is 19.7 Å². The molecule has 0 unspecified atom stereocenters. The Balaban J connectivity index is 1.25. The largest absolute Gasteiger partial charge is 0.497 e. The summed E-state index contributed by atoms with van der Waals surface area (Å²) in [5.74, 6) is -0.527. The number of hydrazone groups is 1. The van der Waals surface area contributed by atoms with E-state index in [0.717, 1.165) is 30.5 Å². The van der Waals surface area contributed by atoms with Crippen molar-refractivity contribution >= 4 is 40.1 Å². The maximum absolute atomic E-state index is 15.6. The van der Waals surface area contributed by atoms with Crippen LogP contribution in [0.2, 0.25) is 0 Å². The van der Waals surface area contributed by atoms with Crippen LogP contribution < -0.4 is 25.4 Å². The lowest BCUT2D eigenvalue weighted by molar-refractivity contribution is -0.385. The number of pyridine rings is 1. The number of carbonyl (C=O) groups excluding carboxylic acids is 1. The number of fused-ring (bicyclic) bond motifs is 1. The van der Waals surface area contributed by atoms with Crippen LogP contribution in [0.4, 0.5) is 21.5 Å². The predicted molar refractivity (Wildman–Crippen MR) is 162 cm³/mol. The van der Waals surface area contributed by atoms with E-state index >= 15 is 4.39 Å². The number of nitro groups is 1. The molecule has 1 aliphatic heterocycles. The molecule has 1 saturated carbocycles. The maximum atomic E-state index is 15.6. The third-order valence-electron chi connectivity index (χ3n) is 7.85. The van der Waals surface area contributed by atoms with Crippen LogP contribution in [0.3, 0.4) is 0 Å². The molecule has 1 aliphatic carbocycles. The number of hydrogen-bond acceptors (Lipinski definition) is 8. The zero-order valence-electron chi connectivity index (χ0n) is 23.4. The summed E-state index contributed by atoms with van der Waals surface area (Å²) in [6.07, 6.45) is 4.41. The van der Waals surface area contributed by atoms with Gasteiger partial charge in [0, 0.05) is 55.6 Å². The molecular weight excluding hydrogens is 555 g/mol. The molecule has 4 aromatic rings. The Morgan fingerprint density at radius 1 is 1.07 bits per heavy atom. The smallest absolute Gasteiger partial charge is 0.278 e. The first-order valence-corrected chi connectivity index (χ1v) is 13.9. The average Bonchev–Trinajstić information content (AvgIpc) is 3.87. The zero-order chi connectivity index (χ0) is 30.1. The number of nitro benzene ring substituents is 1. The maximum Gasteiger partial charge on any atom is 0.278 e. The molecule has 12 heteroatoms. The van der Waals surface area contributed by atoms with Crippen LogP contribution in [0, 0.1) is 15.9 Å². The number of halogens is 1. The van der Waals surface area contributed by atoms with Crippen LogP contribution >= 0.6 is 0 Å². The highest BCUT2D eigenvalue weighted by molar-refractivity contribution is 5.98. The molecule has 3 aromatic carbocycles. The standard InChI is InChI=1S/C31H29FN6O5/c1-43-23-10-8-21(9-11-23)35-12-14-36(15-13-35)29-17-28-24(16-26(29)32)30(39)25(19-37(28)22-6-7-22)31(40)34-33-18-20-4-2-3-5-27(20)38(41)42/h2-5,8-11,16-19,22H,6-7,12-15H2,1H3,(H,34,40)/b33-18-. The van der Waals surface area contributed by atoms with E-state index in [-0.39, 0.29) is 28.2 Å². The lowest BCUT2D eigenvalue weighted by Crippen LogP contribution is -2.46. The van der Waals surface area contributed by atoms with Crippen LogP contribution in [0.15, 0.2) is 76.8 Å². The van der Waals surface area contributed by atoms with Crippen molar-refractivity contribution in [2.24, 2.45) is 5.10 Å². The third-order valence-corrected chi connectivity index (χ3v) is 7.85. The molecule has 220 valence electrons. The summed E-state index contributed by atoms with van der Waals surface area (Å²) < 4.78 is 22.7. The number of anilines is 2. The van der Waals surface area contributed by atoms with Gasteiger partial charge in [-0.05, 0) is 55.3 Å². The molecule has 6 rings (SSSR count). The van der Waals surface area contributed by atoms with Crippen molar-refractivity contribution in [1.29, 1.82) is 0 Å². The highest BCUT2D eigenvalue weighted by Crippen LogP contribution is 2.38. The fourth-order valence-electron chi connectivity index (χ4n) is 5.40. The molecule has 0 spiro atoms. The summed E-state index contributed by atoms with van der Waals surface area (Å²) in [6, 6.07) is 16.8. The Bertz CT molecular complexity index is 1790. The number of benzene rings is 3. The van der Waals surface area contributed by atoms with Crippen molar-refractivity contribution in [3.63, 3.8) is 0 Å². The molecule has 1 N–H and O–H groups in total. The molecule has 2 heterocycles. The summed E-state index contributed by atoms with van der Waals surface area (Å²) in [7, 11) is 1.63. The number of rotatable bonds is 8. The van der Waals surface area contributed by atoms with Crippen LogP contribution in [0.1, 0.15) is 34.8 Å². The molecule has 0 atom stereocenters. The quantitative estimate of drug-likeness (QED) is 0.184. The van der Waals surface area contributed by atoms with Gasteiger partial charge < -0.3 is 19.1 Å². The Morgan fingerprint density at radius 2 is 1.77 bits per heavy atom. The van der Waals surface area contributed by atoms with E-state index in [4.69, 9.17) is 4.74 Å². The van der Waals surface area contributed by atoms with Gasteiger partial charge in [0.25, 0.3) is 11.6 Å². The Hall–Kier alpha value is -5.26. The normalized spacial score (nSPS) is 15.2. The summed E-state index contributed by atoms with van der Waals surface area (Å²) >= 11 is 0. The number of nitrogens with one attached hydrogen (secondary N) is 1. The van der Waals surface area contributed by atoms with Crippen LogP contribution in [-0.2, 0) is 0 Å². The van der Waals surface area contributed by atoms with Gasteiger partial charge in [0.2, 0.25) is 5.43 Å². The first-order valence-electron chi connectivity index (χ1n) is 13.9. The minimum Gasteiger partial charge on any atom is -0.497 e. The highest BCUT2D eigenvalue weighted by Gasteiger charge is 2.29. The molecule has 0 bridgehead atoms. The van der Waals surface area contributed by atoms with Gasteiger partial charge in [0.15, 0.2) is 0 Å². The van der Waals surface area contributed by atoms with Gasteiger partial charge in [-0.25, -0.2) is 9.82 Å². The number of ether oxygens (including phenoxy) is 1. The van der Waals surface area contributed by atoms with Gasteiger partial charge in [-0.15, -0.1) is 0 Å². The Labute approximate surface area is 245 Å². The van der Waals surface area contributed by atoms with Crippen molar-refractivity contribution in [3.05, 3.63) is 104 Å². The van der Waals surface area contributed by atoms with Gasteiger partial charge in [-0.3, -0.25) is 19.7 Å². The van der Waals surface area contributed by atoms with E-state index in [2.05, 4.69) is 15.4 Å². The lowest BCUT2D eigenvalue weighted by Gasteiger charge is -2.37. The molecule has 1 aromatic heterocycles. The molecule has 1 amide bonds. The molecule has 1 saturated heterocycles. The van der Waals surface area contributed by atoms with E-state index in [1.807, 2.05) is 33.7 Å². The Morgan fingerprint density at radius 3 is 2.44 bits per heavy atom. The van der Waals surface area contributed by atoms with Gasteiger partial charge >= 0.3 is 0 Å². The fraction of sp³-hybridized carbons (Fsp3) is 0.258. The van der Waals surface area contributed by atoms with Gasteiger partial charge in [-0.2, -0.15) is 5.10 Å². The zero-order valence-corrected chi connectivity index (χ0v) is 23.4. The SMILES string of the molecule is COc1ccc(N2CCN(c3cc4c(cc3F)c(=O)c(C(=O)N/N=C\c3ccccc3[N+](=O)[O-])cn4C3CC3)CC2)cc1. The van der Waals surface area contributed by atoms with Crippen molar-refractivity contribution in [2.75, 3.05) is 43.1 Å². The second kappa shape index (κ2) is 11.6. The summed E-state index contributed by atoms with van der Waals surface area (Å²) in [5, 5.41) is 15.2. The first kappa shape index (κ1) is 27.9. The molecule has 0 radical (unpaired) electrons. The number of hydrogen-bond donors (Lipinski definition) is 1. The minimum atomic E-state index is -0.782. The number of para-hydroxylation sites is 1. The number of nitrogens with zero attached hydrogens (tertiary/aromatic N) is 5. The topological polar surface area (TPSA) is 122 Å². The van der Waals surface area contributed by atoms with E-state index in [1.54, 1.807) is 19.2 Å². The van der Waals surface area contributed by atoms with Crippen molar-refractivity contribution in [2.45, 2.75) is 18.9 Å². The minimum absolute atomic E-state index is 0.0929. The van der Waals surface area contributed by atoms with Crippen molar-refractivity contribution < 1.29 is 18.8 Å². The molecule has 11 nitrogen and oxygen atoms in total. The highest BCUT2D eigenvalue weighted by atomic mass is 19.1. The first-order chi connectivity index (χ1) is 20.8. The number of aromatic nitrogens is 1. The molecular formula is C31H29FN6O5. The Kier molecular flexibility index (Phi) is 7.49. The number of carbonyl (C=O) groups is 1. The average molecular weight is 585 g/mol. The predicted octanol–water partition coefficient (Wildman–Crippen LogP) is 4.48. The van der Waals surface area contributed by atoms with Gasteiger partial charge in [0.1, 0.15) is 17.1 Å². The second-order valence-electron chi connectivity index (χ2n) is 10.5. The van der Waals surface area contributed by atoms with Gasteiger partial charge in [0.05, 0.1) is 35.0 Å². The van der Waals surface area contributed by atoms with Crippen LogP contribution in [0.5, 0.6) is 5.75 Å². The van der Waals surface area contributed by atoms with Crippen molar-refractivity contribution in [1.82, 2.24) is 9.99 Å². The molecule has 2 fully saturated rings. The second-order valence-corrected chi connectivity index (χ2v) is 10.5. The monoisotopic (exact) mass is 584 g/mol. The molecule has 2 aliphatic rings. The third kappa shape index (κ3) is 5.63. The number of amides is 1. The van der Waals surface area contributed by atoms with Crippen LogP contribution in [-0.4, -0.2) is 54.9 Å². The molecule has 43 heavy (non-hydrogen) atoms. The lowest BCUT2D eigenvalue weighted by atomic mass is 10.1. The number of piperazine rings is 1. The fourth-order valence-corrected chi connectivity index (χ4v) is 5.40. The van der Waals surface area contributed by atoms with Crippen LogP contribution in [0.25, 0.3) is 10.9 Å². The van der Waals surface area contributed by atoms with Gasteiger partial charge in [-0.1, -0.05) is 12.1 Å². The number of methoxy groups -OCH3 is 1. The van der Waals surface area contributed by atoms with E-state index in [1.165, 1.54) is 30.5 Å². The van der Waals surface area contributed by atoms with E-state index < -0.39 is 22.1 Å². The summed E-state index contributed by atoms with van der Waals surface area (Å²) in [4.78, 5) is 41.3. The van der Waals surface area contributed by atoms with E-state index in [0.29, 0.717) is 37.4 Å². The van der Waals surface area contributed by atoms with Crippen molar-refractivity contribution in [3.8, 4) is 5.75 Å². The summed E-state index contributed by atoms with van der Waals surface area (Å²) in [5.41, 5.74) is 3.58.